The van der Waals surface area contributed by atoms with Crippen molar-refractivity contribution in [2.45, 2.75) is 37.8 Å². The lowest BCUT2D eigenvalue weighted by Gasteiger charge is -2.26. The molecular formula is C11H22N2S. The highest BCUT2D eigenvalue weighted by Crippen LogP contribution is 2.27. The molecule has 1 heterocycles. The number of nitrogens with zero attached hydrogens (tertiary/aromatic N) is 1. The van der Waals surface area contributed by atoms with Gasteiger partial charge in [-0.3, -0.25) is 0 Å². The van der Waals surface area contributed by atoms with Crippen molar-refractivity contribution < 1.29 is 0 Å². The standard InChI is InChI=1S/C11H22N2S/c1-13(11-4-5-14-8-11)7-9-2-3-10(12)6-9/h9-11H,2-8,12H2,1H3. The fourth-order valence-electron chi connectivity index (χ4n) is 2.71. The molecule has 2 aliphatic rings. The summed E-state index contributed by atoms with van der Waals surface area (Å²) in [6.45, 7) is 1.28. The largest absolute Gasteiger partial charge is 0.328 e. The summed E-state index contributed by atoms with van der Waals surface area (Å²) in [6, 6.07) is 1.34. The minimum absolute atomic E-state index is 0.492. The summed E-state index contributed by atoms with van der Waals surface area (Å²) < 4.78 is 0. The Labute approximate surface area is 91.6 Å². The molecule has 0 bridgehead atoms. The van der Waals surface area contributed by atoms with Crippen LogP contribution in [0.3, 0.4) is 0 Å². The zero-order chi connectivity index (χ0) is 9.97. The molecular weight excluding hydrogens is 192 g/mol. The van der Waals surface area contributed by atoms with Gasteiger partial charge in [-0.05, 0) is 44.4 Å². The van der Waals surface area contributed by atoms with Crippen LogP contribution in [0.2, 0.25) is 0 Å². The molecule has 0 radical (unpaired) electrons. The normalized spacial score (nSPS) is 38.4. The molecule has 0 aromatic heterocycles. The molecule has 3 unspecified atom stereocenters. The molecule has 0 amide bonds. The molecule has 2 N–H and O–H groups in total. The van der Waals surface area contributed by atoms with E-state index < -0.39 is 0 Å². The summed E-state index contributed by atoms with van der Waals surface area (Å²) in [4.78, 5) is 2.57. The van der Waals surface area contributed by atoms with Crippen molar-refractivity contribution in [3.8, 4) is 0 Å². The third kappa shape index (κ3) is 2.65. The van der Waals surface area contributed by atoms with Crippen LogP contribution in [0.5, 0.6) is 0 Å². The zero-order valence-electron chi connectivity index (χ0n) is 9.11. The van der Waals surface area contributed by atoms with Gasteiger partial charge in [-0.15, -0.1) is 0 Å². The van der Waals surface area contributed by atoms with Crippen LogP contribution < -0.4 is 5.73 Å². The fourth-order valence-corrected chi connectivity index (χ4v) is 4.00. The second-order valence-electron chi connectivity index (χ2n) is 4.90. The van der Waals surface area contributed by atoms with E-state index in [-0.39, 0.29) is 0 Å². The molecule has 0 aromatic carbocycles. The molecule has 1 saturated carbocycles. The number of nitrogens with two attached hydrogens (primary N) is 1. The molecule has 14 heavy (non-hydrogen) atoms. The Morgan fingerprint density at radius 3 is 2.79 bits per heavy atom. The monoisotopic (exact) mass is 214 g/mol. The number of thioether (sulfide) groups is 1. The molecule has 1 saturated heterocycles. The van der Waals surface area contributed by atoms with Crippen molar-refractivity contribution in [3.05, 3.63) is 0 Å². The van der Waals surface area contributed by atoms with Gasteiger partial charge in [0, 0.05) is 24.4 Å². The zero-order valence-corrected chi connectivity index (χ0v) is 9.93. The van der Waals surface area contributed by atoms with E-state index in [0.29, 0.717) is 6.04 Å². The fraction of sp³-hybridized carbons (Fsp3) is 1.00. The molecule has 1 aliphatic carbocycles. The third-order valence-corrected chi connectivity index (χ3v) is 4.80. The van der Waals surface area contributed by atoms with Crippen LogP contribution in [0.25, 0.3) is 0 Å². The van der Waals surface area contributed by atoms with Gasteiger partial charge >= 0.3 is 0 Å². The lowest BCUT2D eigenvalue weighted by Crippen LogP contribution is -2.35. The van der Waals surface area contributed by atoms with Crippen LogP contribution in [-0.4, -0.2) is 42.1 Å². The Balaban J connectivity index is 1.73. The first-order valence-corrected chi connectivity index (χ1v) is 6.94. The first-order chi connectivity index (χ1) is 6.75. The molecule has 3 atom stereocenters. The molecule has 0 spiro atoms. The van der Waals surface area contributed by atoms with Crippen LogP contribution in [0.1, 0.15) is 25.7 Å². The molecule has 2 nitrogen and oxygen atoms in total. The van der Waals surface area contributed by atoms with Gasteiger partial charge in [0.1, 0.15) is 0 Å². The minimum Gasteiger partial charge on any atom is -0.328 e. The average Bonchev–Trinajstić information content (AvgIpc) is 2.75. The summed E-state index contributed by atoms with van der Waals surface area (Å²) in [5, 5.41) is 0. The van der Waals surface area contributed by atoms with Crippen molar-refractivity contribution in [1.82, 2.24) is 4.90 Å². The summed E-state index contributed by atoms with van der Waals surface area (Å²) in [5.41, 5.74) is 5.93. The van der Waals surface area contributed by atoms with Gasteiger partial charge in [0.15, 0.2) is 0 Å². The molecule has 0 aromatic rings. The van der Waals surface area contributed by atoms with Gasteiger partial charge in [-0.25, -0.2) is 0 Å². The van der Waals surface area contributed by atoms with Gasteiger partial charge < -0.3 is 10.6 Å². The van der Waals surface area contributed by atoms with Crippen LogP contribution >= 0.6 is 11.8 Å². The third-order valence-electron chi connectivity index (χ3n) is 3.66. The SMILES string of the molecule is CN(CC1CCC(N)C1)C1CCSC1. The molecule has 82 valence electrons. The second kappa shape index (κ2) is 4.86. The highest BCUT2D eigenvalue weighted by Gasteiger charge is 2.26. The van der Waals surface area contributed by atoms with E-state index in [4.69, 9.17) is 5.73 Å². The van der Waals surface area contributed by atoms with Gasteiger partial charge in [0.05, 0.1) is 0 Å². The molecule has 2 rings (SSSR count). The first-order valence-electron chi connectivity index (χ1n) is 5.79. The van der Waals surface area contributed by atoms with Crippen molar-refractivity contribution in [3.63, 3.8) is 0 Å². The van der Waals surface area contributed by atoms with Gasteiger partial charge in [0.25, 0.3) is 0 Å². The van der Waals surface area contributed by atoms with E-state index >= 15 is 0 Å². The summed E-state index contributed by atoms with van der Waals surface area (Å²) >= 11 is 2.10. The Hall–Kier alpha value is 0.270. The van der Waals surface area contributed by atoms with Gasteiger partial charge in [-0.2, -0.15) is 11.8 Å². The van der Waals surface area contributed by atoms with Crippen molar-refractivity contribution in [2.24, 2.45) is 11.7 Å². The van der Waals surface area contributed by atoms with E-state index in [2.05, 4.69) is 23.7 Å². The molecule has 3 heteroatoms. The highest BCUT2D eigenvalue weighted by atomic mass is 32.2. The maximum absolute atomic E-state index is 5.93. The van der Waals surface area contributed by atoms with Crippen molar-refractivity contribution in [1.29, 1.82) is 0 Å². The average molecular weight is 214 g/mol. The number of rotatable bonds is 3. The Morgan fingerprint density at radius 2 is 2.21 bits per heavy atom. The van der Waals surface area contributed by atoms with Crippen LogP contribution in [0.4, 0.5) is 0 Å². The van der Waals surface area contributed by atoms with E-state index in [1.165, 1.54) is 43.7 Å². The van der Waals surface area contributed by atoms with Gasteiger partial charge in [0.2, 0.25) is 0 Å². The van der Waals surface area contributed by atoms with E-state index in [1.807, 2.05) is 0 Å². The lowest BCUT2D eigenvalue weighted by atomic mass is 10.1. The minimum atomic E-state index is 0.492. The second-order valence-corrected chi connectivity index (χ2v) is 6.05. The highest BCUT2D eigenvalue weighted by molar-refractivity contribution is 7.99. The van der Waals surface area contributed by atoms with E-state index in [1.54, 1.807) is 0 Å². The maximum Gasteiger partial charge on any atom is 0.0191 e. The predicted octanol–water partition coefficient (Wildman–Crippen LogP) is 1.55. The smallest absolute Gasteiger partial charge is 0.0191 e. The van der Waals surface area contributed by atoms with Crippen LogP contribution in [0.15, 0.2) is 0 Å². The van der Waals surface area contributed by atoms with E-state index in [9.17, 15) is 0 Å². The quantitative estimate of drug-likeness (QED) is 0.773. The first kappa shape index (κ1) is 10.8. The van der Waals surface area contributed by atoms with Crippen LogP contribution in [0, 0.1) is 5.92 Å². The summed E-state index contributed by atoms with van der Waals surface area (Å²) in [7, 11) is 2.29. The van der Waals surface area contributed by atoms with E-state index in [0.717, 1.165) is 12.0 Å². The Morgan fingerprint density at radius 1 is 1.36 bits per heavy atom. The lowest BCUT2D eigenvalue weighted by molar-refractivity contribution is 0.222. The molecule has 1 aliphatic heterocycles. The molecule has 2 fully saturated rings. The van der Waals surface area contributed by atoms with Gasteiger partial charge in [-0.1, -0.05) is 0 Å². The summed E-state index contributed by atoms with van der Waals surface area (Å²) in [6.07, 6.45) is 5.24. The van der Waals surface area contributed by atoms with Crippen molar-refractivity contribution in [2.75, 3.05) is 25.1 Å². The predicted molar refractivity (Wildman–Crippen MR) is 63.7 cm³/mol. The van der Waals surface area contributed by atoms with Crippen LogP contribution in [-0.2, 0) is 0 Å². The Bertz CT molecular complexity index is 180. The summed E-state index contributed by atoms with van der Waals surface area (Å²) in [5.74, 6) is 3.58. The number of hydrogen-bond donors (Lipinski definition) is 1. The van der Waals surface area contributed by atoms with Crippen molar-refractivity contribution >= 4 is 11.8 Å². The maximum atomic E-state index is 5.93. The number of hydrogen-bond acceptors (Lipinski definition) is 3. The topological polar surface area (TPSA) is 29.3 Å². The Kier molecular flexibility index (Phi) is 3.74.